The molecule has 0 N–H and O–H groups in total. The minimum absolute atomic E-state index is 0.648. The highest BCUT2D eigenvalue weighted by Gasteiger charge is 2.08. The van der Waals surface area contributed by atoms with Crippen molar-refractivity contribution in [3.63, 3.8) is 0 Å². The molecule has 5 nitrogen and oxygen atoms in total. The van der Waals surface area contributed by atoms with E-state index in [9.17, 15) is 0 Å². The maximum Gasteiger partial charge on any atom is 0.240 e. The number of aryl methyl sites for hydroxylation is 1. The number of nitrogens with zero attached hydrogens (tertiary/aromatic N) is 3. The van der Waals surface area contributed by atoms with E-state index in [2.05, 4.69) is 22.0 Å². The summed E-state index contributed by atoms with van der Waals surface area (Å²) in [6.07, 6.45) is 2.80. The topological polar surface area (TPSA) is 51.4 Å². The molecule has 0 atom stereocenters. The van der Waals surface area contributed by atoms with E-state index >= 15 is 0 Å². The van der Waals surface area contributed by atoms with E-state index in [0.29, 0.717) is 24.1 Å². The standard InChI is InChI=1S/C16H22ClN3O2/c1-3-6-15-18-16(22-19-15)12-20(2)9-5-10-21-14-8-4-7-13(17)11-14/h4,7-8,11H,3,5-6,9-10,12H2,1-2H3. The number of ether oxygens (including phenoxy) is 1. The van der Waals surface area contributed by atoms with Gasteiger partial charge in [-0.2, -0.15) is 4.98 Å². The van der Waals surface area contributed by atoms with Crippen LogP contribution in [0.4, 0.5) is 0 Å². The molecule has 2 aromatic rings. The van der Waals surface area contributed by atoms with Gasteiger partial charge in [-0.1, -0.05) is 29.7 Å². The molecule has 0 unspecified atom stereocenters. The third-order valence-electron chi connectivity index (χ3n) is 3.14. The number of benzene rings is 1. The van der Waals surface area contributed by atoms with Crippen LogP contribution in [0.2, 0.25) is 5.02 Å². The fraction of sp³-hybridized carbons (Fsp3) is 0.500. The van der Waals surface area contributed by atoms with Gasteiger partial charge in [0.1, 0.15) is 5.75 Å². The van der Waals surface area contributed by atoms with Gasteiger partial charge in [0.25, 0.3) is 0 Å². The van der Waals surface area contributed by atoms with Crippen LogP contribution >= 0.6 is 11.6 Å². The minimum atomic E-state index is 0.648. The fourth-order valence-electron chi connectivity index (χ4n) is 2.07. The van der Waals surface area contributed by atoms with Gasteiger partial charge in [0.05, 0.1) is 13.2 Å². The van der Waals surface area contributed by atoms with Gasteiger partial charge in [-0.3, -0.25) is 4.90 Å². The predicted molar refractivity (Wildman–Crippen MR) is 86.2 cm³/mol. The van der Waals surface area contributed by atoms with Crippen LogP contribution in [-0.4, -0.2) is 35.2 Å². The van der Waals surface area contributed by atoms with Crippen LogP contribution in [0.15, 0.2) is 28.8 Å². The quantitative estimate of drug-likeness (QED) is 0.660. The SMILES string of the molecule is CCCc1noc(CN(C)CCCOc2cccc(Cl)c2)n1. The second kappa shape index (κ2) is 8.76. The average molecular weight is 324 g/mol. The molecule has 0 amide bonds. The van der Waals surface area contributed by atoms with Gasteiger partial charge in [-0.25, -0.2) is 0 Å². The molecule has 0 aliphatic heterocycles. The fourth-order valence-corrected chi connectivity index (χ4v) is 2.25. The van der Waals surface area contributed by atoms with Crippen molar-refractivity contribution in [2.75, 3.05) is 20.2 Å². The van der Waals surface area contributed by atoms with Crippen molar-refractivity contribution in [1.82, 2.24) is 15.0 Å². The lowest BCUT2D eigenvalue weighted by molar-refractivity contribution is 0.235. The largest absolute Gasteiger partial charge is 0.493 e. The Bertz CT molecular complexity index is 574. The van der Waals surface area contributed by atoms with Crippen LogP contribution < -0.4 is 4.74 Å². The smallest absolute Gasteiger partial charge is 0.240 e. The predicted octanol–water partition coefficient (Wildman–Crippen LogP) is 3.58. The normalized spacial score (nSPS) is 11.1. The van der Waals surface area contributed by atoms with Crippen molar-refractivity contribution >= 4 is 11.6 Å². The molecular weight excluding hydrogens is 302 g/mol. The Morgan fingerprint density at radius 1 is 1.36 bits per heavy atom. The molecule has 1 aromatic carbocycles. The average Bonchev–Trinajstić information content (AvgIpc) is 2.91. The second-order valence-electron chi connectivity index (χ2n) is 5.25. The lowest BCUT2D eigenvalue weighted by Gasteiger charge is -2.14. The van der Waals surface area contributed by atoms with Gasteiger partial charge in [0, 0.05) is 18.0 Å². The molecule has 0 saturated heterocycles. The first kappa shape index (κ1) is 16.8. The van der Waals surface area contributed by atoms with Gasteiger partial charge >= 0.3 is 0 Å². The van der Waals surface area contributed by atoms with Crippen molar-refractivity contribution in [3.05, 3.63) is 41.0 Å². The molecule has 120 valence electrons. The van der Waals surface area contributed by atoms with Crippen molar-refractivity contribution in [3.8, 4) is 5.75 Å². The zero-order valence-corrected chi connectivity index (χ0v) is 13.8. The molecule has 0 bridgehead atoms. The number of aromatic nitrogens is 2. The van der Waals surface area contributed by atoms with Crippen LogP contribution in [0.3, 0.4) is 0 Å². The monoisotopic (exact) mass is 323 g/mol. The number of hydrogen-bond acceptors (Lipinski definition) is 5. The summed E-state index contributed by atoms with van der Waals surface area (Å²) in [5.74, 6) is 2.26. The summed E-state index contributed by atoms with van der Waals surface area (Å²) >= 11 is 5.91. The van der Waals surface area contributed by atoms with Crippen molar-refractivity contribution in [2.24, 2.45) is 0 Å². The van der Waals surface area contributed by atoms with E-state index < -0.39 is 0 Å². The molecule has 1 heterocycles. The highest BCUT2D eigenvalue weighted by molar-refractivity contribution is 6.30. The van der Waals surface area contributed by atoms with E-state index in [1.165, 1.54) is 0 Å². The number of rotatable bonds is 9. The Morgan fingerprint density at radius 2 is 2.23 bits per heavy atom. The van der Waals surface area contributed by atoms with Crippen LogP contribution in [0, 0.1) is 0 Å². The Morgan fingerprint density at radius 3 is 3.00 bits per heavy atom. The Hall–Kier alpha value is -1.59. The zero-order chi connectivity index (χ0) is 15.8. The third kappa shape index (κ3) is 5.66. The van der Waals surface area contributed by atoms with Crippen LogP contribution in [-0.2, 0) is 13.0 Å². The van der Waals surface area contributed by atoms with Crippen LogP contribution in [0.25, 0.3) is 0 Å². The molecule has 0 spiro atoms. The molecule has 0 saturated carbocycles. The van der Waals surface area contributed by atoms with Crippen molar-refractivity contribution in [2.45, 2.75) is 32.7 Å². The first-order chi connectivity index (χ1) is 10.7. The van der Waals surface area contributed by atoms with Crippen molar-refractivity contribution < 1.29 is 9.26 Å². The van der Waals surface area contributed by atoms with E-state index in [1.54, 1.807) is 0 Å². The molecule has 0 fully saturated rings. The summed E-state index contributed by atoms with van der Waals surface area (Å²) in [5.41, 5.74) is 0. The van der Waals surface area contributed by atoms with E-state index in [-0.39, 0.29) is 0 Å². The minimum Gasteiger partial charge on any atom is -0.493 e. The lowest BCUT2D eigenvalue weighted by atomic mass is 10.3. The summed E-state index contributed by atoms with van der Waals surface area (Å²) < 4.78 is 10.9. The van der Waals surface area contributed by atoms with Gasteiger partial charge < -0.3 is 9.26 Å². The zero-order valence-electron chi connectivity index (χ0n) is 13.1. The summed E-state index contributed by atoms with van der Waals surface area (Å²) in [4.78, 5) is 6.50. The summed E-state index contributed by atoms with van der Waals surface area (Å²) in [7, 11) is 2.03. The van der Waals surface area contributed by atoms with E-state index in [1.807, 2.05) is 31.3 Å². The molecule has 0 radical (unpaired) electrons. The molecule has 2 rings (SSSR count). The number of halogens is 1. The first-order valence-electron chi connectivity index (χ1n) is 7.55. The van der Waals surface area contributed by atoms with Gasteiger partial charge in [0.2, 0.25) is 5.89 Å². The summed E-state index contributed by atoms with van der Waals surface area (Å²) in [6.45, 7) is 4.30. The lowest BCUT2D eigenvalue weighted by Crippen LogP contribution is -2.21. The molecule has 0 aliphatic rings. The van der Waals surface area contributed by atoms with Crippen molar-refractivity contribution in [1.29, 1.82) is 0 Å². The second-order valence-corrected chi connectivity index (χ2v) is 5.69. The van der Waals surface area contributed by atoms with Crippen LogP contribution in [0.1, 0.15) is 31.5 Å². The van der Waals surface area contributed by atoms with Gasteiger partial charge in [-0.15, -0.1) is 0 Å². The maximum atomic E-state index is 5.91. The molecule has 22 heavy (non-hydrogen) atoms. The molecule has 0 aliphatic carbocycles. The Kier molecular flexibility index (Phi) is 6.68. The Labute approximate surface area is 136 Å². The highest BCUT2D eigenvalue weighted by Crippen LogP contribution is 2.17. The summed E-state index contributed by atoms with van der Waals surface area (Å²) in [6, 6.07) is 7.44. The van der Waals surface area contributed by atoms with E-state index in [0.717, 1.165) is 37.4 Å². The van der Waals surface area contributed by atoms with E-state index in [4.69, 9.17) is 20.9 Å². The van der Waals surface area contributed by atoms with Gasteiger partial charge in [0.15, 0.2) is 5.82 Å². The Balaban J connectivity index is 1.65. The third-order valence-corrected chi connectivity index (χ3v) is 3.37. The van der Waals surface area contributed by atoms with Gasteiger partial charge in [-0.05, 0) is 38.1 Å². The van der Waals surface area contributed by atoms with Crippen LogP contribution in [0.5, 0.6) is 5.75 Å². The maximum absolute atomic E-state index is 5.91. The molecule has 6 heteroatoms. The molecular formula is C16H22ClN3O2. The number of hydrogen-bond donors (Lipinski definition) is 0. The highest BCUT2D eigenvalue weighted by atomic mass is 35.5. The first-order valence-corrected chi connectivity index (χ1v) is 7.93. The molecule has 1 aromatic heterocycles. The summed E-state index contributed by atoms with van der Waals surface area (Å²) in [5, 5.41) is 4.64.